The Bertz CT molecular complexity index is 1810. The van der Waals surface area contributed by atoms with Crippen molar-refractivity contribution in [1.82, 2.24) is 19.4 Å². The standard InChI is InChI=1S/C32H29F2N5O5/c1-42-26-10-19(32(40)41)9-25-31(26)36-27(39(25)12-20-6-7-43-20)15-38-13-21-22(14-38)29(21)30-23(33)4-5-28(37-30)44-16-18-3-2-17(11-35)8-24(18)34/h2-5,8-10,20-22,29H,6-7,12-16H2,1H3,(H,40,41)/t20-,21-,22+,29?/m0/s1. The molecule has 1 saturated carbocycles. The van der Waals surface area contributed by atoms with Crippen LogP contribution in [0.1, 0.15) is 45.3 Å². The summed E-state index contributed by atoms with van der Waals surface area (Å²) in [6.07, 6.45) is 0.965. The van der Waals surface area contributed by atoms with Crippen molar-refractivity contribution in [3.05, 3.63) is 82.3 Å². The number of carboxylic acids is 1. The van der Waals surface area contributed by atoms with Gasteiger partial charge in [0.1, 0.15) is 35.3 Å². The number of piperidine rings is 1. The van der Waals surface area contributed by atoms with Gasteiger partial charge in [0.2, 0.25) is 5.88 Å². The van der Waals surface area contributed by atoms with E-state index in [9.17, 15) is 18.7 Å². The van der Waals surface area contributed by atoms with Gasteiger partial charge in [-0.15, -0.1) is 0 Å². The molecule has 12 heteroatoms. The topological polar surface area (TPSA) is 123 Å². The third kappa shape index (κ3) is 5.12. The lowest BCUT2D eigenvalue weighted by Gasteiger charge is -2.28. The zero-order valence-electron chi connectivity index (χ0n) is 23.9. The van der Waals surface area contributed by atoms with Crippen LogP contribution in [0.15, 0.2) is 42.5 Å². The lowest BCUT2D eigenvalue weighted by atomic mass is 10.1. The first-order chi connectivity index (χ1) is 21.3. The lowest BCUT2D eigenvalue weighted by molar-refractivity contribution is -0.0591. The van der Waals surface area contributed by atoms with Crippen LogP contribution in [0.25, 0.3) is 11.0 Å². The summed E-state index contributed by atoms with van der Waals surface area (Å²) in [5.41, 5.74) is 2.29. The number of hydrogen-bond acceptors (Lipinski definition) is 8. The smallest absolute Gasteiger partial charge is 0.335 e. The van der Waals surface area contributed by atoms with Crippen LogP contribution >= 0.6 is 0 Å². The maximum Gasteiger partial charge on any atom is 0.335 e. The summed E-state index contributed by atoms with van der Waals surface area (Å²) in [7, 11) is 1.50. The highest BCUT2D eigenvalue weighted by Crippen LogP contribution is 2.58. The van der Waals surface area contributed by atoms with Crippen molar-refractivity contribution in [2.75, 3.05) is 26.8 Å². The Hall–Kier alpha value is -4.60. The molecule has 1 unspecified atom stereocenters. The van der Waals surface area contributed by atoms with Crippen LogP contribution < -0.4 is 9.47 Å². The van der Waals surface area contributed by atoms with Crippen molar-refractivity contribution >= 4 is 17.0 Å². The summed E-state index contributed by atoms with van der Waals surface area (Å²) < 4.78 is 48.1. The van der Waals surface area contributed by atoms with Gasteiger partial charge in [-0.1, -0.05) is 6.07 Å². The summed E-state index contributed by atoms with van der Waals surface area (Å²) in [5, 5.41) is 18.6. The van der Waals surface area contributed by atoms with Gasteiger partial charge < -0.3 is 23.9 Å². The highest BCUT2D eigenvalue weighted by molar-refractivity contribution is 5.95. The first-order valence-electron chi connectivity index (χ1n) is 14.4. The highest BCUT2D eigenvalue weighted by atomic mass is 19.1. The van der Waals surface area contributed by atoms with Crippen LogP contribution in [0.3, 0.4) is 0 Å². The minimum atomic E-state index is -1.04. The quantitative estimate of drug-likeness (QED) is 0.280. The number of nitriles is 1. The number of pyridine rings is 1. The molecule has 4 aromatic rings. The fraction of sp³-hybridized carbons (Fsp3) is 0.375. The number of fused-ring (bicyclic) bond motifs is 2. The Balaban J connectivity index is 1.06. The number of hydrogen-bond donors (Lipinski definition) is 1. The molecule has 2 aliphatic heterocycles. The molecule has 44 heavy (non-hydrogen) atoms. The maximum atomic E-state index is 14.9. The molecule has 226 valence electrons. The van der Waals surface area contributed by atoms with E-state index in [0.29, 0.717) is 42.2 Å². The van der Waals surface area contributed by atoms with Crippen LogP contribution in [0.2, 0.25) is 0 Å². The predicted molar refractivity (Wildman–Crippen MR) is 152 cm³/mol. The number of likely N-dealkylation sites (tertiary alicyclic amines) is 1. The first-order valence-corrected chi connectivity index (χ1v) is 14.4. The number of aromatic carboxylic acids is 1. The maximum absolute atomic E-state index is 14.9. The van der Waals surface area contributed by atoms with Crippen molar-refractivity contribution in [1.29, 1.82) is 5.26 Å². The highest BCUT2D eigenvalue weighted by Gasteiger charge is 2.58. The van der Waals surface area contributed by atoms with Crippen molar-refractivity contribution in [2.45, 2.75) is 38.1 Å². The first kappa shape index (κ1) is 28.2. The van der Waals surface area contributed by atoms with Gasteiger partial charge in [-0.25, -0.2) is 23.5 Å². The number of rotatable bonds is 10. The van der Waals surface area contributed by atoms with Gasteiger partial charge in [-0.2, -0.15) is 5.26 Å². The number of aromatic nitrogens is 3. The predicted octanol–water partition coefficient (Wildman–Crippen LogP) is 4.50. The van der Waals surface area contributed by atoms with Gasteiger partial charge in [0, 0.05) is 37.2 Å². The monoisotopic (exact) mass is 601 g/mol. The van der Waals surface area contributed by atoms with Gasteiger partial charge in [0.05, 0.1) is 54.7 Å². The van der Waals surface area contributed by atoms with E-state index >= 15 is 0 Å². The van der Waals surface area contributed by atoms with Gasteiger partial charge in [0.25, 0.3) is 0 Å². The Morgan fingerprint density at radius 1 is 1.14 bits per heavy atom. The molecule has 2 aromatic heterocycles. The van der Waals surface area contributed by atoms with Crippen LogP contribution in [-0.2, 0) is 24.4 Å². The number of halogens is 2. The summed E-state index contributed by atoms with van der Waals surface area (Å²) in [6, 6.07) is 11.9. The molecule has 0 spiro atoms. The number of nitrogens with zero attached hydrogens (tertiary/aromatic N) is 5. The molecule has 1 aliphatic carbocycles. The van der Waals surface area contributed by atoms with Crippen molar-refractivity contribution in [2.24, 2.45) is 11.8 Å². The number of carboxylic acid groups (broad SMARTS) is 1. The molecule has 3 aliphatic rings. The van der Waals surface area contributed by atoms with Crippen molar-refractivity contribution in [3.8, 4) is 17.7 Å². The van der Waals surface area contributed by atoms with E-state index in [-0.39, 0.29) is 53.0 Å². The van der Waals surface area contributed by atoms with E-state index in [4.69, 9.17) is 24.5 Å². The Kier molecular flexibility index (Phi) is 7.14. The number of benzene rings is 2. The molecule has 0 bridgehead atoms. The van der Waals surface area contributed by atoms with E-state index in [2.05, 4.69) is 9.88 Å². The fourth-order valence-corrected chi connectivity index (χ4v) is 6.46. The van der Waals surface area contributed by atoms with E-state index in [0.717, 1.165) is 31.4 Å². The van der Waals surface area contributed by atoms with E-state index in [1.54, 1.807) is 6.07 Å². The molecule has 1 N–H and O–H groups in total. The third-order valence-corrected chi connectivity index (χ3v) is 8.90. The van der Waals surface area contributed by atoms with Gasteiger partial charge in [0.15, 0.2) is 0 Å². The zero-order chi connectivity index (χ0) is 30.5. The third-order valence-electron chi connectivity index (χ3n) is 8.90. The van der Waals surface area contributed by atoms with E-state index in [1.165, 1.54) is 37.4 Å². The summed E-state index contributed by atoms with van der Waals surface area (Å²) >= 11 is 0. The molecule has 0 radical (unpaired) electrons. The largest absolute Gasteiger partial charge is 0.494 e. The number of methoxy groups -OCH3 is 1. The van der Waals surface area contributed by atoms with Crippen molar-refractivity contribution < 1.29 is 32.9 Å². The minimum absolute atomic E-state index is 0.0399. The SMILES string of the molecule is COc1cc(C(=O)O)cc2c1nc(CN1C[C@@H]3C(c4nc(OCc5ccc(C#N)cc5F)ccc4F)[C@@H]3C1)n2C[C@@H]1CCO1. The second kappa shape index (κ2) is 11.2. The molecule has 2 saturated heterocycles. The second-order valence-electron chi connectivity index (χ2n) is 11.5. The zero-order valence-corrected chi connectivity index (χ0v) is 23.9. The van der Waals surface area contributed by atoms with Crippen LogP contribution in [0.5, 0.6) is 11.6 Å². The fourth-order valence-electron chi connectivity index (χ4n) is 6.46. The van der Waals surface area contributed by atoms with E-state index < -0.39 is 17.6 Å². The van der Waals surface area contributed by atoms with Gasteiger partial charge >= 0.3 is 5.97 Å². The Morgan fingerprint density at radius 3 is 2.59 bits per heavy atom. The molecule has 2 aromatic carbocycles. The van der Waals surface area contributed by atoms with Crippen LogP contribution in [0, 0.1) is 34.8 Å². The molecule has 3 fully saturated rings. The van der Waals surface area contributed by atoms with Crippen LogP contribution in [0.4, 0.5) is 8.78 Å². The van der Waals surface area contributed by atoms with E-state index in [1.807, 2.05) is 10.6 Å². The summed E-state index contributed by atoms with van der Waals surface area (Å²) in [4.78, 5) is 23.4. The average Bonchev–Trinajstić information content (AvgIpc) is 3.30. The summed E-state index contributed by atoms with van der Waals surface area (Å²) in [5.74, 6) is -0.145. The molecule has 0 amide bonds. The normalized spacial score (nSPS) is 22.3. The molecule has 10 nitrogen and oxygen atoms in total. The second-order valence-corrected chi connectivity index (χ2v) is 11.5. The molecular weight excluding hydrogens is 572 g/mol. The van der Waals surface area contributed by atoms with Gasteiger partial charge in [-0.3, -0.25) is 4.90 Å². The van der Waals surface area contributed by atoms with Crippen LogP contribution in [-0.4, -0.2) is 63.4 Å². The Morgan fingerprint density at radius 2 is 1.93 bits per heavy atom. The molecule has 4 atom stereocenters. The number of carbonyl (C=O) groups is 1. The number of imidazole rings is 1. The molecule has 7 rings (SSSR count). The minimum Gasteiger partial charge on any atom is -0.494 e. The lowest BCUT2D eigenvalue weighted by Crippen LogP contribution is -2.33. The average molecular weight is 602 g/mol. The Labute approximate surface area is 251 Å². The summed E-state index contributed by atoms with van der Waals surface area (Å²) in [6.45, 7) is 3.19. The molecule has 4 heterocycles. The molecular formula is C32H29F2N5O5. The van der Waals surface area contributed by atoms with Crippen molar-refractivity contribution in [3.63, 3.8) is 0 Å². The number of ether oxygens (including phenoxy) is 3. The van der Waals surface area contributed by atoms with Gasteiger partial charge in [-0.05, 0) is 48.6 Å².